The van der Waals surface area contributed by atoms with Crippen LogP contribution in [0, 0.1) is 0 Å². The molecule has 0 aromatic carbocycles. The molecule has 0 bridgehead atoms. The summed E-state index contributed by atoms with van der Waals surface area (Å²) in [6.45, 7) is 3.61. The zero-order valence-corrected chi connectivity index (χ0v) is 6.41. The second kappa shape index (κ2) is 5.21. The molecule has 2 N–H and O–H groups in total. The van der Waals surface area contributed by atoms with Crippen molar-refractivity contribution in [2.45, 2.75) is 20.0 Å². The largest absolute Gasteiger partial charge is 0.392 e. The molecule has 0 saturated carbocycles. The minimum absolute atomic E-state index is 0.0134. The van der Waals surface area contributed by atoms with Crippen LogP contribution in [-0.2, 0) is 0 Å². The Labute approximate surface area is 61.5 Å². The van der Waals surface area contributed by atoms with Crippen LogP contribution in [0.5, 0.6) is 0 Å². The molecule has 10 heavy (non-hydrogen) atoms. The average Bonchev–Trinajstić information content (AvgIpc) is 1.89. The molecule has 0 aromatic rings. The molecule has 0 amide bonds. The van der Waals surface area contributed by atoms with Crippen molar-refractivity contribution >= 4 is 0 Å². The van der Waals surface area contributed by atoms with Crippen LogP contribution in [0.4, 0.5) is 0 Å². The van der Waals surface area contributed by atoms with E-state index in [1.54, 1.807) is 25.2 Å². The number of aliphatic hydroxyl groups excluding tert-OH is 2. The van der Waals surface area contributed by atoms with Crippen LogP contribution < -0.4 is 0 Å². The predicted molar refractivity (Wildman–Crippen MR) is 41.7 cm³/mol. The van der Waals surface area contributed by atoms with Gasteiger partial charge >= 0.3 is 0 Å². The van der Waals surface area contributed by atoms with E-state index in [-0.39, 0.29) is 6.61 Å². The zero-order chi connectivity index (χ0) is 7.98. The molecule has 2 heteroatoms. The molecular formula is C8H14O2. The molecule has 0 radical (unpaired) electrons. The lowest BCUT2D eigenvalue weighted by Gasteiger charge is -2.03. The summed E-state index contributed by atoms with van der Waals surface area (Å²) in [5.74, 6) is 0. The molecule has 0 heterocycles. The van der Waals surface area contributed by atoms with Crippen LogP contribution in [0.3, 0.4) is 0 Å². The quantitative estimate of drug-likeness (QED) is 0.574. The third kappa shape index (κ3) is 3.43. The van der Waals surface area contributed by atoms with Crippen molar-refractivity contribution in [3.8, 4) is 0 Å². The Kier molecular flexibility index (Phi) is 4.89. The smallest absolute Gasteiger partial charge is 0.0929 e. The summed E-state index contributed by atoms with van der Waals surface area (Å²) >= 11 is 0. The molecule has 1 unspecified atom stereocenters. The highest BCUT2D eigenvalue weighted by molar-refractivity contribution is 5.11. The summed E-state index contributed by atoms with van der Waals surface area (Å²) < 4.78 is 0. The predicted octanol–water partition coefficient (Wildman–Crippen LogP) is 0.862. The molecule has 1 atom stereocenters. The van der Waals surface area contributed by atoms with Crippen molar-refractivity contribution in [2.24, 2.45) is 0 Å². The molecule has 0 saturated heterocycles. The number of hydrogen-bond donors (Lipinski definition) is 2. The summed E-state index contributed by atoms with van der Waals surface area (Å²) in [4.78, 5) is 0. The fourth-order valence-electron chi connectivity index (χ4n) is 0.599. The summed E-state index contributed by atoms with van der Waals surface area (Å²) in [5.41, 5.74) is 0.778. The van der Waals surface area contributed by atoms with Crippen LogP contribution in [0.2, 0.25) is 0 Å². The first-order valence-corrected chi connectivity index (χ1v) is 3.30. The van der Waals surface area contributed by atoms with Gasteiger partial charge in [-0.2, -0.15) is 0 Å². The lowest BCUT2D eigenvalue weighted by molar-refractivity contribution is 0.256. The number of aliphatic hydroxyl groups is 2. The van der Waals surface area contributed by atoms with E-state index in [1.165, 1.54) is 0 Å². The van der Waals surface area contributed by atoms with Crippen molar-refractivity contribution < 1.29 is 10.2 Å². The van der Waals surface area contributed by atoms with Crippen molar-refractivity contribution in [2.75, 3.05) is 6.61 Å². The van der Waals surface area contributed by atoms with Crippen molar-refractivity contribution in [3.05, 3.63) is 23.8 Å². The average molecular weight is 142 g/mol. The van der Waals surface area contributed by atoms with E-state index in [0.29, 0.717) is 0 Å². The Balaban J connectivity index is 3.93. The highest BCUT2D eigenvalue weighted by Gasteiger charge is 1.98. The maximum Gasteiger partial charge on any atom is 0.0929 e. The summed E-state index contributed by atoms with van der Waals surface area (Å²) in [6, 6.07) is 0. The molecule has 0 aliphatic heterocycles. The second-order valence-corrected chi connectivity index (χ2v) is 2.10. The number of rotatable bonds is 3. The Morgan fingerprint density at radius 1 is 1.60 bits per heavy atom. The van der Waals surface area contributed by atoms with Crippen LogP contribution in [0.1, 0.15) is 13.8 Å². The van der Waals surface area contributed by atoms with Crippen molar-refractivity contribution in [3.63, 3.8) is 0 Å². The first-order chi connectivity index (χ1) is 4.72. The van der Waals surface area contributed by atoms with Gasteiger partial charge in [0.1, 0.15) is 0 Å². The van der Waals surface area contributed by atoms with Gasteiger partial charge in [0.25, 0.3) is 0 Å². The monoisotopic (exact) mass is 142 g/mol. The van der Waals surface area contributed by atoms with Gasteiger partial charge in [0.05, 0.1) is 12.7 Å². The molecule has 58 valence electrons. The van der Waals surface area contributed by atoms with Crippen LogP contribution in [0.15, 0.2) is 23.8 Å². The number of hydrogen-bond acceptors (Lipinski definition) is 2. The maximum absolute atomic E-state index is 9.18. The lowest BCUT2D eigenvalue weighted by Crippen LogP contribution is -2.03. The summed E-state index contributed by atoms with van der Waals surface area (Å²) in [7, 11) is 0. The van der Waals surface area contributed by atoms with E-state index >= 15 is 0 Å². The van der Waals surface area contributed by atoms with Crippen LogP contribution in [0.25, 0.3) is 0 Å². The van der Waals surface area contributed by atoms with Gasteiger partial charge in [0, 0.05) is 0 Å². The lowest BCUT2D eigenvalue weighted by atomic mass is 10.1. The fraction of sp³-hybridized carbons (Fsp3) is 0.500. The Morgan fingerprint density at radius 3 is 2.60 bits per heavy atom. The van der Waals surface area contributed by atoms with Crippen molar-refractivity contribution in [1.29, 1.82) is 0 Å². The van der Waals surface area contributed by atoms with Gasteiger partial charge in [0.2, 0.25) is 0 Å². The SMILES string of the molecule is CC=CC(O)C(C)=CCO. The topological polar surface area (TPSA) is 40.5 Å². The third-order valence-electron chi connectivity index (χ3n) is 1.25. The molecule has 0 aliphatic carbocycles. The Bertz CT molecular complexity index is 136. The van der Waals surface area contributed by atoms with Gasteiger partial charge in [-0.1, -0.05) is 18.2 Å². The fourth-order valence-corrected chi connectivity index (χ4v) is 0.599. The molecule has 0 rings (SSSR count). The van der Waals surface area contributed by atoms with E-state index in [9.17, 15) is 5.11 Å². The second-order valence-electron chi connectivity index (χ2n) is 2.10. The van der Waals surface area contributed by atoms with Gasteiger partial charge in [-0.3, -0.25) is 0 Å². The maximum atomic E-state index is 9.18. The van der Waals surface area contributed by atoms with Gasteiger partial charge in [-0.15, -0.1) is 0 Å². The number of allylic oxidation sites excluding steroid dienone is 1. The minimum Gasteiger partial charge on any atom is -0.392 e. The van der Waals surface area contributed by atoms with Gasteiger partial charge in [-0.05, 0) is 19.4 Å². The molecular weight excluding hydrogens is 128 g/mol. The zero-order valence-electron chi connectivity index (χ0n) is 6.41. The first kappa shape index (κ1) is 9.40. The molecule has 2 nitrogen and oxygen atoms in total. The van der Waals surface area contributed by atoms with Crippen molar-refractivity contribution in [1.82, 2.24) is 0 Å². The normalized spacial score (nSPS) is 16.2. The van der Waals surface area contributed by atoms with E-state index in [0.717, 1.165) is 5.57 Å². The standard InChI is InChI=1S/C8H14O2/c1-3-4-8(10)7(2)5-6-9/h3-5,8-10H,6H2,1-2H3. The highest BCUT2D eigenvalue weighted by Crippen LogP contribution is 2.01. The van der Waals surface area contributed by atoms with Gasteiger partial charge in [0.15, 0.2) is 0 Å². The summed E-state index contributed by atoms with van der Waals surface area (Å²) in [6.07, 6.45) is 4.49. The van der Waals surface area contributed by atoms with Gasteiger partial charge < -0.3 is 10.2 Å². The molecule has 0 aromatic heterocycles. The van der Waals surface area contributed by atoms with E-state index in [1.807, 2.05) is 6.92 Å². The van der Waals surface area contributed by atoms with Crippen LogP contribution in [-0.4, -0.2) is 22.9 Å². The molecule has 0 aliphatic rings. The Hall–Kier alpha value is -0.600. The van der Waals surface area contributed by atoms with E-state index in [2.05, 4.69) is 0 Å². The van der Waals surface area contributed by atoms with E-state index < -0.39 is 6.10 Å². The third-order valence-corrected chi connectivity index (χ3v) is 1.25. The minimum atomic E-state index is -0.544. The molecule has 0 spiro atoms. The molecule has 0 fully saturated rings. The van der Waals surface area contributed by atoms with E-state index in [4.69, 9.17) is 5.11 Å². The highest BCUT2D eigenvalue weighted by atomic mass is 16.3. The van der Waals surface area contributed by atoms with Crippen LogP contribution >= 0.6 is 0 Å². The Morgan fingerprint density at radius 2 is 2.20 bits per heavy atom. The van der Waals surface area contributed by atoms with Gasteiger partial charge in [-0.25, -0.2) is 0 Å². The first-order valence-electron chi connectivity index (χ1n) is 3.30. The summed E-state index contributed by atoms with van der Waals surface area (Å²) in [5, 5.41) is 17.6.